The number of methoxy groups -OCH3 is 2. The molecule has 0 amide bonds. The number of benzene rings is 3. The van der Waals surface area contributed by atoms with Crippen LogP contribution < -0.4 is 19.6 Å². The summed E-state index contributed by atoms with van der Waals surface area (Å²) in [6.07, 6.45) is -0.0660. The van der Waals surface area contributed by atoms with Crippen LogP contribution in [0.2, 0.25) is 0 Å². The Morgan fingerprint density at radius 1 is 0.886 bits per heavy atom. The van der Waals surface area contributed by atoms with Crippen molar-refractivity contribution in [2.75, 3.05) is 14.2 Å². The molecular formula is C26H20O9. The zero-order valence-electron chi connectivity index (χ0n) is 18.7. The summed E-state index contributed by atoms with van der Waals surface area (Å²) < 4.78 is 22.3. The third-order valence-electron chi connectivity index (χ3n) is 6.00. The van der Waals surface area contributed by atoms with Gasteiger partial charge in [0.25, 0.3) is 0 Å². The van der Waals surface area contributed by atoms with Crippen molar-refractivity contribution >= 4 is 16.9 Å². The van der Waals surface area contributed by atoms with Crippen molar-refractivity contribution in [1.82, 2.24) is 0 Å². The Bertz CT molecular complexity index is 1550. The first-order valence-corrected chi connectivity index (χ1v) is 10.6. The van der Waals surface area contributed by atoms with E-state index >= 15 is 0 Å². The fraction of sp³-hybridized carbons (Fsp3) is 0.154. The number of esters is 1. The van der Waals surface area contributed by atoms with Crippen molar-refractivity contribution in [2.24, 2.45) is 0 Å². The van der Waals surface area contributed by atoms with E-state index in [0.717, 1.165) is 0 Å². The molecule has 2 heterocycles. The number of hydrogen-bond acceptors (Lipinski definition) is 9. The van der Waals surface area contributed by atoms with Gasteiger partial charge in [-0.05, 0) is 24.3 Å². The van der Waals surface area contributed by atoms with Crippen molar-refractivity contribution in [3.63, 3.8) is 0 Å². The molecule has 9 nitrogen and oxygen atoms in total. The maximum Gasteiger partial charge on any atom is 0.312 e. The highest BCUT2D eigenvalue weighted by atomic mass is 16.5. The average molecular weight is 476 g/mol. The van der Waals surface area contributed by atoms with Gasteiger partial charge in [0.1, 0.15) is 39.7 Å². The topological polar surface area (TPSA) is 136 Å². The summed E-state index contributed by atoms with van der Waals surface area (Å²) in [6, 6.07) is 11.5. The standard InChI is InChI=1S/C26H20O9/c1-32-13-4-5-14(21(8-13)33-2)15-9-23(31)34-22-11-19(30)25-18(29)10-20(35-26(25)24(15)22)12-3-6-16(27)17(28)7-12/h3-8,10-11,15,27-28,30H,9H2,1-2H3/t15-/m0/s1. The summed E-state index contributed by atoms with van der Waals surface area (Å²) in [7, 11) is 3.01. The van der Waals surface area contributed by atoms with E-state index in [2.05, 4.69) is 0 Å². The zero-order valence-corrected chi connectivity index (χ0v) is 18.7. The van der Waals surface area contributed by atoms with Crippen LogP contribution >= 0.6 is 0 Å². The number of hydrogen-bond donors (Lipinski definition) is 3. The average Bonchev–Trinajstić information content (AvgIpc) is 2.84. The number of phenols is 3. The second kappa shape index (κ2) is 8.28. The highest BCUT2D eigenvalue weighted by Crippen LogP contribution is 2.48. The summed E-state index contributed by atoms with van der Waals surface area (Å²) in [5.74, 6) is -1.11. The van der Waals surface area contributed by atoms with Gasteiger partial charge in [0, 0.05) is 40.8 Å². The molecule has 0 saturated carbocycles. The number of carbonyl (C=O) groups excluding carboxylic acids is 1. The molecule has 0 saturated heterocycles. The molecule has 0 spiro atoms. The van der Waals surface area contributed by atoms with Gasteiger partial charge in [-0.2, -0.15) is 0 Å². The molecule has 3 aromatic carbocycles. The lowest BCUT2D eigenvalue weighted by atomic mass is 9.84. The van der Waals surface area contributed by atoms with Crippen molar-refractivity contribution in [1.29, 1.82) is 0 Å². The quantitative estimate of drug-likeness (QED) is 0.226. The molecule has 0 unspecified atom stereocenters. The Balaban J connectivity index is 1.81. The van der Waals surface area contributed by atoms with Crippen LogP contribution in [-0.4, -0.2) is 35.5 Å². The van der Waals surface area contributed by atoms with Gasteiger partial charge in [-0.25, -0.2) is 0 Å². The summed E-state index contributed by atoms with van der Waals surface area (Å²) in [5.41, 5.74) is 0.844. The maximum absolute atomic E-state index is 13.1. The van der Waals surface area contributed by atoms with Crippen LogP contribution in [0.3, 0.4) is 0 Å². The van der Waals surface area contributed by atoms with Gasteiger partial charge in [-0.1, -0.05) is 6.07 Å². The third-order valence-corrected chi connectivity index (χ3v) is 6.00. The molecule has 9 heteroatoms. The molecule has 178 valence electrons. The van der Waals surface area contributed by atoms with Crippen LogP contribution in [0.1, 0.15) is 23.5 Å². The molecule has 0 fully saturated rings. The number of aromatic hydroxyl groups is 3. The van der Waals surface area contributed by atoms with Gasteiger partial charge in [-0.15, -0.1) is 0 Å². The second-order valence-electron chi connectivity index (χ2n) is 8.03. The minimum atomic E-state index is -0.623. The van der Waals surface area contributed by atoms with Gasteiger partial charge in [0.05, 0.1) is 20.6 Å². The first-order valence-electron chi connectivity index (χ1n) is 10.6. The first-order chi connectivity index (χ1) is 16.8. The van der Waals surface area contributed by atoms with Gasteiger partial charge in [0.15, 0.2) is 16.9 Å². The predicted molar refractivity (Wildman–Crippen MR) is 125 cm³/mol. The highest BCUT2D eigenvalue weighted by Gasteiger charge is 2.35. The van der Waals surface area contributed by atoms with E-state index in [-0.39, 0.29) is 34.6 Å². The molecule has 0 bridgehead atoms. The first kappa shape index (κ1) is 22.1. The molecule has 1 aliphatic heterocycles. The van der Waals surface area contributed by atoms with Crippen LogP contribution in [0.4, 0.5) is 0 Å². The second-order valence-corrected chi connectivity index (χ2v) is 8.03. The van der Waals surface area contributed by atoms with Crippen LogP contribution in [-0.2, 0) is 4.79 Å². The largest absolute Gasteiger partial charge is 0.507 e. The summed E-state index contributed by atoms with van der Waals surface area (Å²) in [5, 5.41) is 30.1. The van der Waals surface area contributed by atoms with Crippen LogP contribution in [0.15, 0.2) is 57.7 Å². The molecular weight excluding hydrogens is 456 g/mol. The molecule has 1 aromatic heterocycles. The fourth-order valence-electron chi connectivity index (χ4n) is 4.35. The van der Waals surface area contributed by atoms with Crippen molar-refractivity contribution in [2.45, 2.75) is 12.3 Å². The van der Waals surface area contributed by atoms with E-state index in [9.17, 15) is 24.9 Å². The Labute approximate surface area is 198 Å². The van der Waals surface area contributed by atoms with Gasteiger partial charge in [-0.3, -0.25) is 9.59 Å². The molecule has 1 atom stereocenters. The summed E-state index contributed by atoms with van der Waals surface area (Å²) in [6.45, 7) is 0. The lowest BCUT2D eigenvalue weighted by Crippen LogP contribution is -2.22. The van der Waals surface area contributed by atoms with E-state index in [1.54, 1.807) is 18.2 Å². The smallest absolute Gasteiger partial charge is 0.312 e. The van der Waals surface area contributed by atoms with Crippen LogP contribution in [0.5, 0.6) is 34.5 Å². The molecule has 3 N–H and O–H groups in total. The number of rotatable bonds is 4. The van der Waals surface area contributed by atoms with Crippen LogP contribution in [0, 0.1) is 0 Å². The van der Waals surface area contributed by atoms with Crippen molar-refractivity contribution in [3.05, 3.63) is 69.9 Å². The van der Waals surface area contributed by atoms with E-state index in [1.807, 2.05) is 0 Å². The minimum absolute atomic E-state index is 0.0328. The predicted octanol–water partition coefficient (Wildman–Crippen LogP) is 4.04. The minimum Gasteiger partial charge on any atom is -0.507 e. The normalized spacial score (nSPS) is 14.9. The molecule has 4 aromatic rings. The van der Waals surface area contributed by atoms with Crippen molar-refractivity contribution in [3.8, 4) is 45.8 Å². The lowest BCUT2D eigenvalue weighted by Gasteiger charge is -2.27. The van der Waals surface area contributed by atoms with Gasteiger partial charge >= 0.3 is 5.97 Å². The molecule has 35 heavy (non-hydrogen) atoms. The van der Waals surface area contributed by atoms with E-state index < -0.39 is 28.8 Å². The molecule has 0 aliphatic carbocycles. The SMILES string of the molecule is COc1ccc([C@@H]2CC(=O)Oc3cc(O)c4c(=O)cc(-c5ccc(O)c(O)c5)oc4c32)c(OC)c1. The Morgan fingerprint density at radius 2 is 1.69 bits per heavy atom. The fourth-order valence-corrected chi connectivity index (χ4v) is 4.35. The number of fused-ring (bicyclic) bond motifs is 3. The monoisotopic (exact) mass is 476 g/mol. The van der Waals surface area contributed by atoms with E-state index in [0.29, 0.717) is 28.2 Å². The third kappa shape index (κ3) is 3.67. The number of phenolic OH excluding ortho intramolecular Hbond substituents is 3. The number of carbonyl (C=O) groups is 1. The molecule has 1 aliphatic rings. The number of ether oxygens (including phenoxy) is 3. The summed E-state index contributed by atoms with van der Waals surface area (Å²) >= 11 is 0. The summed E-state index contributed by atoms with van der Waals surface area (Å²) in [4.78, 5) is 25.6. The zero-order chi connectivity index (χ0) is 24.9. The van der Waals surface area contributed by atoms with E-state index in [4.69, 9.17) is 18.6 Å². The van der Waals surface area contributed by atoms with E-state index in [1.165, 1.54) is 44.6 Å². The Morgan fingerprint density at radius 3 is 2.40 bits per heavy atom. The Kier molecular flexibility index (Phi) is 5.24. The maximum atomic E-state index is 13.1. The molecule has 5 rings (SSSR count). The van der Waals surface area contributed by atoms with Crippen LogP contribution in [0.25, 0.3) is 22.3 Å². The van der Waals surface area contributed by atoms with Crippen molar-refractivity contribution < 1.29 is 38.7 Å². The Hall–Kier alpha value is -4.66. The van der Waals surface area contributed by atoms with Gasteiger partial charge in [0.2, 0.25) is 0 Å². The lowest BCUT2D eigenvalue weighted by molar-refractivity contribution is -0.135. The highest BCUT2D eigenvalue weighted by molar-refractivity contribution is 5.93. The van der Waals surface area contributed by atoms with Gasteiger partial charge < -0.3 is 33.9 Å². The molecule has 0 radical (unpaired) electrons.